The van der Waals surface area contributed by atoms with Gasteiger partial charge in [-0.15, -0.1) is 0 Å². The number of methoxy groups -OCH3 is 1. The van der Waals surface area contributed by atoms with E-state index in [1.54, 1.807) is 49.6 Å². The number of carbonyl (C=O) groups is 2. The van der Waals surface area contributed by atoms with Crippen LogP contribution in [0.25, 0.3) is 10.9 Å². The Kier molecular flexibility index (Phi) is 4.27. The van der Waals surface area contributed by atoms with Crippen molar-refractivity contribution in [1.82, 2.24) is 4.98 Å². The fraction of sp³-hybridized carbons (Fsp3) is 0.111. The third-order valence-corrected chi connectivity index (χ3v) is 4.01. The molecule has 0 aliphatic carbocycles. The summed E-state index contributed by atoms with van der Waals surface area (Å²) in [6.45, 7) is 0. The molecule has 2 N–H and O–H groups in total. The zero-order chi connectivity index (χ0) is 17.3. The van der Waals surface area contributed by atoms with Crippen LogP contribution in [-0.2, 0) is 11.2 Å². The zero-order valence-electron chi connectivity index (χ0n) is 12.8. The highest BCUT2D eigenvalue weighted by Gasteiger charge is 2.21. The summed E-state index contributed by atoms with van der Waals surface area (Å²) in [5.41, 5.74) is 1.80. The molecule has 122 valence electrons. The van der Waals surface area contributed by atoms with E-state index in [0.29, 0.717) is 32.8 Å². The first-order chi connectivity index (χ1) is 11.5. The SMILES string of the molecule is COc1ccc(C(=O)c2[nH]c3cc(Cl)ccc3c2CC(=O)O)cc1. The minimum absolute atomic E-state index is 0.251. The maximum absolute atomic E-state index is 12.8. The number of benzene rings is 2. The minimum atomic E-state index is -1.00. The number of aromatic amines is 1. The Bertz CT molecular complexity index is 928. The molecule has 24 heavy (non-hydrogen) atoms. The van der Waals surface area contributed by atoms with Crippen LogP contribution in [0.1, 0.15) is 21.6 Å². The third-order valence-electron chi connectivity index (χ3n) is 3.78. The van der Waals surface area contributed by atoms with E-state index in [-0.39, 0.29) is 17.9 Å². The fourth-order valence-corrected chi connectivity index (χ4v) is 2.82. The number of fused-ring (bicyclic) bond motifs is 1. The Labute approximate surface area is 142 Å². The predicted octanol–water partition coefficient (Wildman–Crippen LogP) is 3.69. The number of aliphatic carboxylic acids is 1. The molecule has 0 atom stereocenters. The van der Waals surface area contributed by atoms with E-state index in [9.17, 15) is 14.7 Å². The van der Waals surface area contributed by atoms with Gasteiger partial charge >= 0.3 is 5.97 Å². The molecule has 2 aromatic carbocycles. The van der Waals surface area contributed by atoms with Crippen molar-refractivity contribution in [1.29, 1.82) is 0 Å². The van der Waals surface area contributed by atoms with Crippen molar-refractivity contribution in [3.05, 3.63) is 64.3 Å². The first-order valence-corrected chi connectivity index (χ1v) is 7.58. The Balaban J connectivity index is 2.12. The van der Waals surface area contributed by atoms with E-state index >= 15 is 0 Å². The van der Waals surface area contributed by atoms with Gasteiger partial charge in [0.2, 0.25) is 5.78 Å². The van der Waals surface area contributed by atoms with Gasteiger partial charge in [-0.1, -0.05) is 17.7 Å². The minimum Gasteiger partial charge on any atom is -0.497 e. The van der Waals surface area contributed by atoms with Gasteiger partial charge in [0, 0.05) is 27.1 Å². The quantitative estimate of drug-likeness (QED) is 0.692. The largest absolute Gasteiger partial charge is 0.497 e. The van der Waals surface area contributed by atoms with Crippen LogP contribution in [0.4, 0.5) is 0 Å². The van der Waals surface area contributed by atoms with E-state index < -0.39 is 5.97 Å². The van der Waals surface area contributed by atoms with Crippen molar-refractivity contribution < 1.29 is 19.4 Å². The number of ether oxygens (including phenoxy) is 1. The first-order valence-electron chi connectivity index (χ1n) is 7.20. The maximum Gasteiger partial charge on any atom is 0.307 e. The van der Waals surface area contributed by atoms with Crippen LogP contribution in [0.15, 0.2) is 42.5 Å². The molecule has 0 amide bonds. The highest BCUT2D eigenvalue weighted by atomic mass is 35.5. The van der Waals surface area contributed by atoms with Gasteiger partial charge in [0.05, 0.1) is 19.2 Å². The van der Waals surface area contributed by atoms with E-state index in [4.69, 9.17) is 16.3 Å². The molecule has 0 aliphatic heterocycles. The van der Waals surface area contributed by atoms with Gasteiger partial charge in [-0.2, -0.15) is 0 Å². The van der Waals surface area contributed by atoms with Crippen molar-refractivity contribution in [2.75, 3.05) is 7.11 Å². The molecule has 0 fully saturated rings. The second kappa shape index (κ2) is 6.37. The first kappa shape index (κ1) is 16.1. The molecular formula is C18H14ClNO4. The van der Waals surface area contributed by atoms with Gasteiger partial charge < -0.3 is 14.8 Å². The summed E-state index contributed by atoms with van der Waals surface area (Å²) < 4.78 is 5.08. The number of carboxylic acid groups (broad SMARTS) is 1. The van der Waals surface area contributed by atoms with Gasteiger partial charge in [0.25, 0.3) is 0 Å². The average Bonchev–Trinajstić information content (AvgIpc) is 2.91. The lowest BCUT2D eigenvalue weighted by Crippen LogP contribution is -2.08. The lowest BCUT2D eigenvalue weighted by atomic mass is 10.0. The van der Waals surface area contributed by atoms with E-state index in [1.165, 1.54) is 0 Å². The highest BCUT2D eigenvalue weighted by Crippen LogP contribution is 2.28. The molecule has 1 heterocycles. The van der Waals surface area contributed by atoms with Crippen molar-refractivity contribution in [3.8, 4) is 5.75 Å². The van der Waals surface area contributed by atoms with Crippen LogP contribution in [0.3, 0.4) is 0 Å². The molecule has 0 saturated heterocycles. The number of carbonyl (C=O) groups excluding carboxylic acids is 1. The van der Waals surface area contributed by atoms with Crippen molar-refractivity contribution in [3.63, 3.8) is 0 Å². The van der Waals surface area contributed by atoms with Crippen LogP contribution in [0.2, 0.25) is 5.02 Å². The molecule has 3 rings (SSSR count). The van der Waals surface area contributed by atoms with Gasteiger partial charge in [-0.05, 0) is 36.4 Å². The summed E-state index contributed by atoms with van der Waals surface area (Å²) >= 11 is 5.98. The number of carboxylic acids is 1. The van der Waals surface area contributed by atoms with Crippen LogP contribution >= 0.6 is 11.6 Å². The smallest absolute Gasteiger partial charge is 0.307 e. The molecule has 0 bridgehead atoms. The summed E-state index contributed by atoms with van der Waals surface area (Å²) in [5.74, 6) is -0.642. The lowest BCUT2D eigenvalue weighted by Gasteiger charge is -2.04. The Morgan fingerprint density at radius 1 is 1.17 bits per heavy atom. The summed E-state index contributed by atoms with van der Waals surface area (Å²) in [7, 11) is 1.54. The lowest BCUT2D eigenvalue weighted by molar-refractivity contribution is -0.136. The number of rotatable bonds is 5. The summed E-state index contributed by atoms with van der Waals surface area (Å²) in [6.07, 6.45) is -0.251. The Hall–Kier alpha value is -2.79. The number of nitrogens with one attached hydrogen (secondary N) is 1. The van der Waals surface area contributed by atoms with Gasteiger partial charge in [-0.25, -0.2) is 0 Å². The highest BCUT2D eigenvalue weighted by molar-refractivity contribution is 6.31. The molecule has 0 aliphatic rings. The van der Waals surface area contributed by atoms with Crippen LogP contribution in [-0.4, -0.2) is 29.0 Å². The molecule has 6 heteroatoms. The molecule has 1 aromatic heterocycles. The summed E-state index contributed by atoms with van der Waals surface area (Å²) in [4.78, 5) is 27.0. The topological polar surface area (TPSA) is 79.4 Å². The van der Waals surface area contributed by atoms with E-state index in [1.807, 2.05) is 0 Å². The molecule has 0 saturated carbocycles. The number of hydrogen-bond acceptors (Lipinski definition) is 3. The second-order valence-corrected chi connectivity index (χ2v) is 5.73. The monoisotopic (exact) mass is 343 g/mol. The maximum atomic E-state index is 12.8. The van der Waals surface area contributed by atoms with Crippen molar-refractivity contribution in [2.24, 2.45) is 0 Å². The van der Waals surface area contributed by atoms with Crippen molar-refractivity contribution in [2.45, 2.75) is 6.42 Å². The number of hydrogen-bond donors (Lipinski definition) is 2. The molecule has 0 spiro atoms. The standard InChI is InChI=1S/C18H14ClNO4/c1-24-12-5-2-10(3-6-12)18(23)17-14(9-16(21)22)13-7-4-11(19)8-15(13)20-17/h2-8,20H,9H2,1H3,(H,21,22). The Morgan fingerprint density at radius 2 is 1.88 bits per heavy atom. The molecule has 0 radical (unpaired) electrons. The van der Waals surface area contributed by atoms with Gasteiger partial charge in [0.15, 0.2) is 0 Å². The molecule has 0 unspecified atom stereocenters. The average molecular weight is 344 g/mol. The molecular weight excluding hydrogens is 330 g/mol. The number of ketones is 1. The molecule has 3 aromatic rings. The summed E-state index contributed by atoms with van der Waals surface area (Å²) in [6, 6.07) is 11.7. The second-order valence-electron chi connectivity index (χ2n) is 5.30. The van der Waals surface area contributed by atoms with Gasteiger partial charge in [0.1, 0.15) is 5.75 Å². The van der Waals surface area contributed by atoms with E-state index in [2.05, 4.69) is 4.98 Å². The van der Waals surface area contributed by atoms with Crippen molar-refractivity contribution >= 4 is 34.3 Å². The predicted molar refractivity (Wildman–Crippen MR) is 91.1 cm³/mol. The zero-order valence-corrected chi connectivity index (χ0v) is 13.6. The fourth-order valence-electron chi connectivity index (χ4n) is 2.64. The molecule has 5 nitrogen and oxygen atoms in total. The van der Waals surface area contributed by atoms with Crippen LogP contribution in [0.5, 0.6) is 5.75 Å². The number of halogens is 1. The Morgan fingerprint density at radius 3 is 2.50 bits per heavy atom. The van der Waals surface area contributed by atoms with Gasteiger partial charge in [-0.3, -0.25) is 9.59 Å². The normalized spacial score (nSPS) is 10.8. The third kappa shape index (κ3) is 2.98. The van der Waals surface area contributed by atoms with E-state index in [0.717, 1.165) is 0 Å². The number of H-pyrrole nitrogens is 1. The van der Waals surface area contributed by atoms with Crippen LogP contribution < -0.4 is 4.74 Å². The van der Waals surface area contributed by atoms with Crippen LogP contribution in [0, 0.1) is 0 Å². The number of aromatic nitrogens is 1. The summed E-state index contributed by atoms with van der Waals surface area (Å²) in [5, 5.41) is 10.4.